The predicted octanol–water partition coefficient (Wildman–Crippen LogP) is 0.678. The number of carbonyl (C=O) groups is 2. The lowest BCUT2D eigenvalue weighted by Crippen LogP contribution is -2.45. The standard InChI is InChI=1S/C14H20N4O2/c1-8-7-11(18-15)5-6-12(8)14(20)16-9(2)13(19)17-10-3-4-10/h5-7,9-10,18H,3-4,15H2,1-2H3,(H,16,20)(H,17,19). The zero-order valence-electron chi connectivity index (χ0n) is 11.7. The molecule has 1 aromatic rings. The van der Waals surface area contributed by atoms with Crippen LogP contribution in [-0.2, 0) is 4.79 Å². The van der Waals surface area contributed by atoms with Gasteiger partial charge in [0.05, 0.1) is 0 Å². The summed E-state index contributed by atoms with van der Waals surface area (Å²) >= 11 is 0. The molecule has 1 aromatic carbocycles. The van der Waals surface area contributed by atoms with Crippen molar-refractivity contribution in [1.82, 2.24) is 10.6 Å². The van der Waals surface area contributed by atoms with E-state index in [2.05, 4.69) is 16.1 Å². The van der Waals surface area contributed by atoms with Gasteiger partial charge in [0.2, 0.25) is 5.91 Å². The summed E-state index contributed by atoms with van der Waals surface area (Å²) in [6.45, 7) is 3.51. The molecule has 0 heterocycles. The zero-order valence-corrected chi connectivity index (χ0v) is 11.7. The number of amides is 2. The average Bonchev–Trinajstić information content (AvgIpc) is 3.22. The molecule has 1 aliphatic carbocycles. The van der Waals surface area contributed by atoms with Gasteiger partial charge in [-0.1, -0.05) is 0 Å². The maximum atomic E-state index is 12.1. The fourth-order valence-electron chi connectivity index (χ4n) is 1.90. The summed E-state index contributed by atoms with van der Waals surface area (Å²) in [5.41, 5.74) is 4.60. The summed E-state index contributed by atoms with van der Waals surface area (Å²) in [6.07, 6.45) is 2.05. The normalized spacial score (nSPS) is 15.3. The Hall–Kier alpha value is -2.08. The Bertz CT molecular complexity index is 526. The number of aryl methyl sites for hydroxylation is 1. The largest absolute Gasteiger partial charge is 0.352 e. The molecule has 1 atom stereocenters. The summed E-state index contributed by atoms with van der Waals surface area (Å²) < 4.78 is 0. The molecule has 108 valence electrons. The molecule has 0 aromatic heterocycles. The van der Waals surface area contributed by atoms with Gasteiger partial charge in [-0.2, -0.15) is 0 Å². The van der Waals surface area contributed by atoms with E-state index in [9.17, 15) is 9.59 Å². The molecule has 1 saturated carbocycles. The fourth-order valence-corrected chi connectivity index (χ4v) is 1.90. The molecule has 5 N–H and O–H groups in total. The van der Waals surface area contributed by atoms with E-state index in [-0.39, 0.29) is 11.8 Å². The monoisotopic (exact) mass is 276 g/mol. The molecule has 6 heteroatoms. The number of nitrogen functional groups attached to an aromatic ring is 1. The summed E-state index contributed by atoms with van der Waals surface area (Å²) in [4.78, 5) is 23.9. The molecule has 1 unspecified atom stereocenters. The Labute approximate surface area is 118 Å². The van der Waals surface area contributed by atoms with Gasteiger partial charge in [0.1, 0.15) is 6.04 Å². The second-order valence-electron chi connectivity index (χ2n) is 5.15. The van der Waals surface area contributed by atoms with Gasteiger partial charge in [-0.3, -0.25) is 15.4 Å². The Morgan fingerprint density at radius 3 is 2.60 bits per heavy atom. The van der Waals surface area contributed by atoms with Crippen molar-refractivity contribution in [3.63, 3.8) is 0 Å². The number of carbonyl (C=O) groups excluding carboxylic acids is 2. The average molecular weight is 276 g/mol. The Morgan fingerprint density at radius 2 is 2.05 bits per heavy atom. The van der Waals surface area contributed by atoms with Crippen LogP contribution in [0.25, 0.3) is 0 Å². The number of nitrogens with one attached hydrogen (secondary N) is 3. The maximum Gasteiger partial charge on any atom is 0.252 e. The minimum atomic E-state index is -0.546. The number of benzene rings is 1. The molecule has 0 bridgehead atoms. The third-order valence-electron chi connectivity index (χ3n) is 3.30. The number of hydrogen-bond acceptors (Lipinski definition) is 4. The van der Waals surface area contributed by atoms with E-state index in [4.69, 9.17) is 5.84 Å². The lowest BCUT2D eigenvalue weighted by atomic mass is 10.1. The van der Waals surface area contributed by atoms with E-state index >= 15 is 0 Å². The minimum Gasteiger partial charge on any atom is -0.352 e. The second-order valence-corrected chi connectivity index (χ2v) is 5.15. The van der Waals surface area contributed by atoms with Gasteiger partial charge in [-0.15, -0.1) is 0 Å². The van der Waals surface area contributed by atoms with Crippen molar-refractivity contribution in [2.75, 3.05) is 5.43 Å². The number of hydrogen-bond donors (Lipinski definition) is 4. The van der Waals surface area contributed by atoms with Gasteiger partial charge in [0, 0.05) is 17.3 Å². The van der Waals surface area contributed by atoms with Crippen molar-refractivity contribution >= 4 is 17.5 Å². The molecule has 2 rings (SSSR count). The lowest BCUT2D eigenvalue weighted by molar-refractivity contribution is -0.122. The van der Waals surface area contributed by atoms with Crippen LogP contribution in [0.2, 0.25) is 0 Å². The first kappa shape index (κ1) is 14.3. The first-order valence-corrected chi connectivity index (χ1v) is 6.69. The highest BCUT2D eigenvalue weighted by atomic mass is 16.2. The molecular weight excluding hydrogens is 256 g/mol. The summed E-state index contributed by atoms with van der Waals surface area (Å²) in [5.74, 6) is 4.91. The fraction of sp³-hybridized carbons (Fsp3) is 0.429. The Morgan fingerprint density at radius 1 is 1.35 bits per heavy atom. The quantitative estimate of drug-likeness (QED) is 0.469. The van der Waals surface area contributed by atoms with E-state index < -0.39 is 6.04 Å². The first-order chi connectivity index (χ1) is 9.51. The van der Waals surface area contributed by atoms with Crippen LogP contribution in [0.15, 0.2) is 18.2 Å². The van der Waals surface area contributed by atoms with Crippen molar-refractivity contribution in [2.24, 2.45) is 5.84 Å². The van der Waals surface area contributed by atoms with Crippen LogP contribution in [0.5, 0.6) is 0 Å². The number of nitrogens with two attached hydrogens (primary N) is 1. The van der Waals surface area contributed by atoms with E-state index in [1.807, 2.05) is 6.92 Å². The molecule has 0 aliphatic heterocycles. The molecule has 20 heavy (non-hydrogen) atoms. The Balaban J connectivity index is 1.98. The van der Waals surface area contributed by atoms with Gasteiger partial charge in [0.15, 0.2) is 0 Å². The molecule has 1 fully saturated rings. The Kier molecular flexibility index (Phi) is 4.24. The molecule has 0 saturated heterocycles. The van der Waals surface area contributed by atoms with Gasteiger partial charge in [0.25, 0.3) is 5.91 Å². The third-order valence-corrected chi connectivity index (χ3v) is 3.30. The smallest absolute Gasteiger partial charge is 0.252 e. The van der Waals surface area contributed by atoms with Crippen molar-refractivity contribution in [2.45, 2.75) is 38.8 Å². The molecule has 0 spiro atoms. The summed E-state index contributed by atoms with van der Waals surface area (Å²) in [5, 5.41) is 5.57. The highest BCUT2D eigenvalue weighted by molar-refractivity contribution is 5.98. The lowest BCUT2D eigenvalue weighted by Gasteiger charge is -2.15. The van der Waals surface area contributed by atoms with Crippen LogP contribution in [0.4, 0.5) is 5.69 Å². The molecule has 1 aliphatic rings. The van der Waals surface area contributed by atoms with E-state index in [1.165, 1.54) is 0 Å². The van der Waals surface area contributed by atoms with Gasteiger partial charge in [-0.25, -0.2) is 0 Å². The van der Waals surface area contributed by atoms with Crippen LogP contribution in [-0.4, -0.2) is 23.9 Å². The van der Waals surface area contributed by atoms with Crippen molar-refractivity contribution < 1.29 is 9.59 Å². The van der Waals surface area contributed by atoms with Crippen LogP contribution >= 0.6 is 0 Å². The molecule has 6 nitrogen and oxygen atoms in total. The minimum absolute atomic E-state index is 0.140. The first-order valence-electron chi connectivity index (χ1n) is 6.69. The zero-order chi connectivity index (χ0) is 14.7. The van der Waals surface area contributed by atoms with E-state index in [0.717, 1.165) is 24.1 Å². The van der Waals surface area contributed by atoms with Crippen LogP contribution < -0.4 is 21.9 Å². The van der Waals surface area contributed by atoms with E-state index in [0.29, 0.717) is 11.6 Å². The topological polar surface area (TPSA) is 96.2 Å². The predicted molar refractivity (Wildman–Crippen MR) is 77.1 cm³/mol. The van der Waals surface area contributed by atoms with E-state index in [1.54, 1.807) is 25.1 Å². The molecule has 0 radical (unpaired) electrons. The van der Waals surface area contributed by atoms with Crippen LogP contribution in [0.1, 0.15) is 35.7 Å². The van der Waals surface area contributed by atoms with Crippen molar-refractivity contribution in [3.05, 3.63) is 29.3 Å². The SMILES string of the molecule is Cc1cc(NN)ccc1C(=O)NC(C)C(=O)NC1CC1. The van der Waals surface area contributed by atoms with Gasteiger partial charge < -0.3 is 16.1 Å². The molecule has 2 amide bonds. The van der Waals surface area contributed by atoms with Gasteiger partial charge >= 0.3 is 0 Å². The van der Waals surface area contributed by atoms with Crippen LogP contribution in [0.3, 0.4) is 0 Å². The third kappa shape index (κ3) is 3.48. The highest BCUT2D eigenvalue weighted by Crippen LogP contribution is 2.18. The maximum absolute atomic E-state index is 12.1. The molecular formula is C14H20N4O2. The van der Waals surface area contributed by atoms with Gasteiger partial charge in [-0.05, 0) is 50.5 Å². The summed E-state index contributed by atoms with van der Waals surface area (Å²) in [7, 11) is 0. The van der Waals surface area contributed by atoms with Crippen LogP contribution in [0, 0.1) is 6.92 Å². The number of rotatable bonds is 5. The van der Waals surface area contributed by atoms with Crippen molar-refractivity contribution in [1.29, 1.82) is 0 Å². The number of hydrazine groups is 1. The summed E-state index contributed by atoms with van der Waals surface area (Å²) in [6, 6.07) is 4.93. The number of anilines is 1. The second kappa shape index (κ2) is 5.92. The van der Waals surface area contributed by atoms with Crippen molar-refractivity contribution in [3.8, 4) is 0 Å². The highest BCUT2D eigenvalue weighted by Gasteiger charge is 2.26.